The van der Waals surface area contributed by atoms with Gasteiger partial charge >= 0.3 is 0 Å². The molecule has 6 heteroatoms. The van der Waals surface area contributed by atoms with E-state index in [9.17, 15) is 13.5 Å². The fourth-order valence-corrected chi connectivity index (χ4v) is 2.80. The molecule has 0 aromatic heterocycles. The van der Waals surface area contributed by atoms with Crippen LogP contribution in [-0.4, -0.2) is 32.2 Å². The number of nitrogens with zero attached hydrogens (tertiary/aromatic N) is 1. The van der Waals surface area contributed by atoms with Crippen LogP contribution in [0.5, 0.6) is 0 Å². The van der Waals surface area contributed by atoms with Gasteiger partial charge in [0, 0.05) is 18.8 Å². The molecule has 0 bridgehead atoms. The lowest BCUT2D eigenvalue weighted by molar-refractivity contribution is 0.0449. The minimum absolute atomic E-state index is 0.106. The maximum Gasteiger partial charge on any atom is 0.238 e. The number of nitrogens with two attached hydrogens (primary N) is 1. The summed E-state index contributed by atoms with van der Waals surface area (Å²) in [5.41, 5.74) is 0.221. The molecule has 5 nitrogen and oxygen atoms in total. The molecule has 0 saturated carbocycles. The van der Waals surface area contributed by atoms with Crippen LogP contribution in [0.25, 0.3) is 0 Å². The Hall–Kier alpha value is -1.11. The fourth-order valence-electron chi connectivity index (χ4n) is 2.29. The first-order valence-corrected chi connectivity index (χ1v) is 7.43. The Morgan fingerprint density at radius 3 is 2.44 bits per heavy atom. The molecule has 100 valence electrons. The highest BCUT2D eigenvalue weighted by Gasteiger charge is 2.28. The van der Waals surface area contributed by atoms with Gasteiger partial charge in [0.15, 0.2) is 0 Å². The Morgan fingerprint density at radius 2 is 1.94 bits per heavy atom. The summed E-state index contributed by atoms with van der Waals surface area (Å²) < 4.78 is 22.3. The van der Waals surface area contributed by atoms with E-state index in [1.807, 2.05) is 6.92 Å². The van der Waals surface area contributed by atoms with Gasteiger partial charge in [-0.2, -0.15) is 0 Å². The predicted octanol–water partition coefficient (Wildman–Crippen LogP) is 0.685. The summed E-state index contributed by atoms with van der Waals surface area (Å²) in [6.07, 6.45) is 1.71. The number of sulfonamides is 1. The molecule has 0 radical (unpaired) electrons. The number of hydrogen-bond donors (Lipinski definition) is 2. The Balaban J connectivity index is 2.20. The molecule has 1 fully saturated rings. The van der Waals surface area contributed by atoms with E-state index in [0.717, 1.165) is 25.1 Å². The summed E-state index contributed by atoms with van der Waals surface area (Å²) in [4.78, 5) is 2.16. The highest BCUT2D eigenvalue weighted by Crippen LogP contribution is 2.26. The van der Waals surface area contributed by atoms with Crippen LogP contribution in [0.3, 0.4) is 0 Å². The minimum atomic E-state index is -3.64. The van der Waals surface area contributed by atoms with Crippen molar-refractivity contribution in [2.45, 2.75) is 30.3 Å². The highest BCUT2D eigenvalue weighted by molar-refractivity contribution is 7.89. The quantitative estimate of drug-likeness (QED) is 0.828. The molecule has 1 aromatic rings. The highest BCUT2D eigenvalue weighted by atomic mass is 32.2. The van der Waals surface area contributed by atoms with Crippen LogP contribution in [-0.2, 0) is 10.0 Å². The number of benzene rings is 1. The van der Waals surface area contributed by atoms with E-state index < -0.39 is 15.6 Å². The second-order valence-corrected chi connectivity index (χ2v) is 6.62. The van der Waals surface area contributed by atoms with Crippen molar-refractivity contribution in [2.24, 2.45) is 5.14 Å². The first kappa shape index (κ1) is 13.3. The molecule has 1 aliphatic rings. The molecule has 3 N–H and O–H groups in total. The van der Waals surface area contributed by atoms with Gasteiger partial charge in [-0.1, -0.05) is 0 Å². The SMILES string of the molecule is CC1(O)CCCN(c2ccc(S(N)(=O)=O)cc2)C1. The van der Waals surface area contributed by atoms with Crippen molar-refractivity contribution in [1.29, 1.82) is 0 Å². The van der Waals surface area contributed by atoms with Gasteiger partial charge in [-0.3, -0.25) is 0 Å². The van der Waals surface area contributed by atoms with E-state index in [4.69, 9.17) is 5.14 Å². The van der Waals surface area contributed by atoms with Crippen molar-refractivity contribution >= 4 is 15.7 Å². The van der Waals surface area contributed by atoms with Crippen LogP contribution in [0, 0.1) is 0 Å². The molecule has 2 rings (SSSR count). The lowest BCUT2D eigenvalue weighted by Gasteiger charge is -2.38. The van der Waals surface area contributed by atoms with E-state index in [2.05, 4.69) is 4.90 Å². The summed E-state index contributed by atoms with van der Waals surface area (Å²) >= 11 is 0. The fraction of sp³-hybridized carbons (Fsp3) is 0.500. The van der Waals surface area contributed by atoms with Crippen LogP contribution >= 0.6 is 0 Å². The van der Waals surface area contributed by atoms with E-state index >= 15 is 0 Å². The van der Waals surface area contributed by atoms with E-state index in [0.29, 0.717) is 6.54 Å². The Kier molecular flexibility index (Phi) is 3.35. The second-order valence-electron chi connectivity index (χ2n) is 5.06. The third kappa shape index (κ3) is 3.01. The molecule has 1 heterocycles. The van der Waals surface area contributed by atoms with Crippen molar-refractivity contribution in [3.05, 3.63) is 24.3 Å². The molecule has 1 aliphatic heterocycles. The molecule has 1 saturated heterocycles. The Morgan fingerprint density at radius 1 is 1.33 bits per heavy atom. The first-order valence-electron chi connectivity index (χ1n) is 5.88. The lowest BCUT2D eigenvalue weighted by atomic mass is 9.95. The average molecular weight is 270 g/mol. The van der Waals surface area contributed by atoms with Crippen LogP contribution in [0.4, 0.5) is 5.69 Å². The maximum atomic E-state index is 11.1. The number of piperidine rings is 1. The van der Waals surface area contributed by atoms with E-state index in [-0.39, 0.29) is 4.90 Å². The van der Waals surface area contributed by atoms with Crippen molar-refractivity contribution in [3.8, 4) is 0 Å². The molecule has 0 amide bonds. The molecule has 0 spiro atoms. The number of primary sulfonamides is 1. The van der Waals surface area contributed by atoms with E-state index in [1.54, 1.807) is 12.1 Å². The summed E-state index contributed by atoms with van der Waals surface area (Å²) in [7, 11) is -3.64. The van der Waals surface area contributed by atoms with Gasteiger partial charge in [0.1, 0.15) is 0 Å². The molecule has 1 aromatic carbocycles. The first-order chi connectivity index (χ1) is 8.28. The Labute approximate surface area is 107 Å². The van der Waals surface area contributed by atoms with Gasteiger partial charge in [-0.15, -0.1) is 0 Å². The molecule has 1 atom stereocenters. The van der Waals surface area contributed by atoms with Crippen molar-refractivity contribution in [3.63, 3.8) is 0 Å². The van der Waals surface area contributed by atoms with Gasteiger partial charge < -0.3 is 10.0 Å². The molecular weight excluding hydrogens is 252 g/mol. The second kappa shape index (κ2) is 4.53. The molecular formula is C12H18N2O3S. The van der Waals surface area contributed by atoms with Crippen LogP contribution < -0.4 is 10.0 Å². The smallest absolute Gasteiger partial charge is 0.238 e. The zero-order valence-electron chi connectivity index (χ0n) is 10.3. The largest absolute Gasteiger partial charge is 0.388 e. The van der Waals surface area contributed by atoms with Crippen LogP contribution in [0.15, 0.2) is 29.2 Å². The third-order valence-corrected chi connectivity index (χ3v) is 4.13. The van der Waals surface area contributed by atoms with E-state index in [1.165, 1.54) is 12.1 Å². The Bertz CT molecular complexity index is 523. The normalized spacial score (nSPS) is 25.2. The standard InChI is InChI=1S/C12H18N2O3S/c1-12(15)7-2-8-14(9-12)10-3-5-11(6-4-10)18(13,16)17/h3-6,15H,2,7-9H2,1H3,(H2,13,16,17). The zero-order valence-corrected chi connectivity index (χ0v) is 11.2. The van der Waals surface area contributed by atoms with Crippen LogP contribution in [0.2, 0.25) is 0 Å². The number of aliphatic hydroxyl groups is 1. The van der Waals surface area contributed by atoms with Crippen molar-refractivity contribution in [2.75, 3.05) is 18.0 Å². The van der Waals surface area contributed by atoms with Gasteiger partial charge in [0.2, 0.25) is 10.0 Å². The zero-order chi connectivity index (χ0) is 13.4. The maximum absolute atomic E-state index is 11.1. The summed E-state index contributed by atoms with van der Waals surface area (Å²) in [5, 5.41) is 15.1. The van der Waals surface area contributed by atoms with Crippen molar-refractivity contribution < 1.29 is 13.5 Å². The molecule has 1 unspecified atom stereocenters. The van der Waals surface area contributed by atoms with Crippen molar-refractivity contribution in [1.82, 2.24) is 0 Å². The molecule has 0 aliphatic carbocycles. The molecule has 18 heavy (non-hydrogen) atoms. The number of hydrogen-bond acceptors (Lipinski definition) is 4. The third-order valence-electron chi connectivity index (χ3n) is 3.21. The topological polar surface area (TPSA) is 83.6 Å². The van der Waals surface area contributed by atoms with Gasteiger partial charge in [0.05, 0.1) is 10.5 Å². The monoisotopic (exact) mass is 270 g/mol. The predicted molar refractivity (Wildman–Crippen MR) is 69.9 cm³/mol. The average Bonchev–Trinajstić information content (AvgIpc) is 2.27. The minimum Gasteiger partial charge on any atom is -0.388 e. The number of anilines is 1. The lowest BCUT2D eigenvalue weighted by Crippen LogP contribution is -2.46. The summed E-state index contributed by atoms with van der Waals surface area (Å²) in [5.74, 6) is 0. The van der Waals surface area contributed by atoms with Gasteiger partial charge in [0.25, 0.3) is 0 Å². The summed E-state index contributed by atoms with van der Waals surface area (Å²) in [6, 6.07) is 6.43. The number of rotatable bonds is 2. The van der Waals surface area contributed by atoms with Gasteiger partial charge in [-0.05, 0) is 44.0 Å². The summed E-state index contributed by atoms with van der Waals surface area (Å²) in [6.45, 7) is 3.24. The van der Waals surface area contributed by atoms with Crippen LogP contribution in [0.1, 0.15) is 19.8 Å². The van der Waals surface area contributed by atoms with Gasteiger partial charge in [-0.25, -0.2) is 13.6 Å². The number of β-amino-alcohol motifs (C(OH)–C–C–N with tert-alkyl or cyclic N) is 1.